The number of carbonyl (C=O) groups is 1. The summed E-state index contributed by atoms with van der Waals surface area (Å²) in [5, 5.41) is 9.43. The van der Waals surface area contributed by atoms with Crippen LogP contribution in [0.4, 0.5) is 26.3 Å². The first kappa shape index (κ1) is 21.2. The van der Waals surface area contributed by atoms with Crippen molar-refractivity contribution in [2.24, 2.45) is 0 Å². The molecule has 0 saturated carbocycles. The van der Waals surface area contributed by atoms with Crippen molar-refractivity contribution < 1.29 is 41.0 Å². The minimum Gasteiger partial charge on any atom is -0.373 e. The summed E-state index contributed by atoms with van der Waals surface area (Å²) in [5.41, 5.74) is -6.10. The Kier molecular flexibility index (Phi) is 5.33. The average Bonchev–Trinajstić information content (AvgIpc) is 2.59. The number of ether oxygens (including phenoxy) is 1. The highest BCUT2D eigenvalue weighted by molar-refractivity contribution is 5.82. The van der Waals surface area contributed by atoms with Gasteiger partial charge in [0.2, 0.25) is 0 Å². The first-order valence-corrected chi connectivity index (χ1v) is 7.68. The van der Waals surface area contributed by atoms with Crippen LogP contribution in [0.2, 0.25) is 0 Å². The second kappa shape index (κ2) is 6.79. The maximum absolute atomic E-state index is 13.0. The summed E-state index contributed by atoms with van der Waals surface area (Å²) in [6.45, 7) is 1.64. The van der Waals surface area contributed by atoms with E-state index in [2.05, 4.69) is 0 Å². The molecule has 0 aromatic heterocycles. The van der Waals surface area contributed by atoms with Crippen molar-refractivity contribution in [1.29, 1.82) is 0 Å². The van der Waals surface area contributed by atoms with Crippen LogP contribution in [0.5, 0.6) is 0 Å². The highest BCUT2D eigenvalue weighted by Gasteiger charge is 2.71. The lowest BCUT2D eigenvalue weighted by Gasteiger charge is -2.35. The molecule has 0 heterocycles. The zero-order valence-electron chi connectivity index (χ0n) is 14.3. The number of benzene rings is 1. The first-order chi connectivity index (χ1) is 12.3. The second-order valence-electron chi connectivity index (χ2n) is 6.33. The summed E-state index contributed by atoms with van der Waals surface area (Å²) in [6, 6.07) is 3.24. The fourth-order valence-electron chi connectivity index (χ4n) is 2.95. The molecule has 27 heavy (non-hydrogen) atoms. The van der Waals surface area contributed by atoms with Gasteiger partial charge in [-0.1, -0.05) is 36.4 Å². The summed E-state index contributed by atoms with van der Waals surface area (Å²) in [5.74, 6) is 0. The van der Waals surface area contributed by atoms with Gasteiger partial charge in [-0.3, -0.25) is 4.79 Å². The van der Waals surface area contributed by atoms with E-state index in [1.807, 2.05) is 0 Å². The van der Waals surface area contributed by atoms with E-state index >= 15 is 0 Å². The van der Waals surface area contributed by atoms with Crippen LogP contribution in [0, 0.1) is 0 Å². The third-order valence-electron chi connectivity index (χ3n) is 4.61. The van der Waals surface area contributed by atoms with Crippen LogP contribution < -0.4 is 0 Å². The molecule has 1 unspecified atom stereocenters. The zero-order valence-corrected chi connectivity index (χ0v) is 14.3. The Morgan fingerprint density at radius 3 is 1.96 bits per heavy atom. The van der Waals surface area contributed by atoms with Gasteiger partial charge in [-0.05, 0) is 23.6 Å². The molecule has 0 amide bonds. The molecule has 1 aliphatic rings. The van der Waals surface area contributed by atoms with E-state index in [9.17, 15) is 36.2 Å². The molecule has 0 spiro atoms. The molecule has 3 nitrogen and oxygen atoms in total. The minimum atomic E-state index is -5.94. The fraction of sp³-hybridized carbons (Fsp3) is 0.389. The molecule has 2 rings (SSSR count). The topological polar surface area (TPSA) is 46.5 Å². The Morgan fingerprint density at radius 1 is 1.04 bits per heavy atom. The molecule has 0 aliphatic heterocycles. The molecule has 1 aliphatic carbocycles. The van der Waals surface area contributed by atoms with Crippen molar-refractivity contribution in [2.45, 2.75) is 36.9 Å². The lowest BCUT2D eigenvalue weighted by atomic mass is 9.80. The number of alkyl halides is 6. The molecule has 0 fully saturated rings. The number of methoxy groups -OCH3 is 1. The fourth-order valence-corrected chi connectivity index (χ4v) is 2.95. The van der Waals surface area contributed by atoms with Crippen LogP contribution in [0.15, 0.2) is 42.0 Å². The summed E-state index contributed by atoms with van der Waals surface area (Å²) < 4.78 is 83.2. The van der Waals surface area contributed by atoms with Gasteiger partial charge >= 0.3 is 12.4 Å². The van der Waals surface area contributed by atoms with Crippen molar-refractivity contribution in [1.82, 2.24) is 0 Å². The Morgan fingerprint density at radius 2 is 1.56 bits per heavy atom. The Bertz CT molecular complexity index is 760. The van der Waals surface area contributed by atoms with E-state index in [1.54, 1.807) is 6.92 Å². The quantitative estimate of drug-likeness (QED) is 0.611. The molecule has 1 aromatic carbocycles. The Balaban J connectivity index is 2.52. The molecule has 1 atom stereocenters. The van der Waals surface area contributed by atoms with Crippen LogP contribution in [-0.4, -0.2) is 36.5 Å². The van der Waals surface area contributed by atoms with Crippen molar-refractivity contribution in [3.63, 3.8) is 0 Å². The van der Waals surface area contributed by atoms with E-state index in [0.29, 0.717) is 35.1 Å². The van der Waals surface area contributed by atoms with E-state index in [4.69, 9.17) is 4.74 Å². The van der Waals surface area contributed by atoms with Gasteiger partial charge in [0.1, 0.15) is 6.29 Å². The normalized spacial score (nSPS) is 21.5. The summed E-state index contributed by atoms with van der Waals surface area (Å²) >= 11 is 0. The Hall–Kier alpha value is -2.13. The largest absolute Gasteiger partial charge is 0.430 e. The zero-order chi connectivity index (χ0) is 20.7. The molecular formula is C18H16F6O3. The van der Waals surface area contributed by atoms with Gasteiger partial charge in [0, 0.05) is 19.1 Å². The van der Waals surface area contributed by atoms with E-state index < -0.39 is 29.1 Å². The van der Waals surface area contributed by atoms with Gasteiger partial charge < -0.3 is 9.84 Å². The molecule has 148 valence electrons. The number of rotatable bonds is 4. The van der Waals surface area contributed by atoms with Gasteiger partial charge in [0.25, 0.3) is 5.60 Å². The minimum absolute atomic E-state index is 0.190. The Labute approximate surface area is 150 Å². The van der Waals surface area contributed by atoms with Gasteiger partial charge in [-0.2, -0.15) is 26.3 Å². The number of carbonyl (C=O) groups excluding carboxylic acids is 1. The highest BCUT2D eigenvalue weighted by Crippen LogP contribution is 2.50. The predicted molar refractivity (Wildman–Crippen MR) is 84.6 cm³/mol. The van der Waals surface area contributed by atoms with Crippen LogP contribution >= 0.6 is 0 Å². The number of allylic oxidation sites excluding steroid dienone is 2. The summed E-state index contributed by atoms with van der Waals surface area (Å²) in [6.07, 6.45) is -8.04. The van der Waals surface area contributed by atoms with Gasteiger partial charge in [0.05, 0.1) is 5.60 Å². The number of halogens is 6. The molecule has 1 aromatic rings. The van der Waals surface area contributed by atoms with E-state index in [-0.39, 0.29) is 6.42 Å². The SMILES string of the molecule is COC1(C)CC(C=O)=CC=C1c1ccc(C(O)(C(F)(F)F)C(F)(F)F)cc1. The van der Waals surface area contributed by atoms with Crippen molar-refractivity contribution in [3.05, 3.63) is 53.1 Å². The summed E-state index contributed by atoms with van der Waals surface area (Å²) in [7, 11) is 1.38. The standard InChI is InChI=1S/C18H16F6O3/c1-15(27-2)9-11(10-25)3-8-14(15)12-4-6-13(7-5-12)16(26,17(19,20)21)18(22,23)24/h3-8,10,26H,9H2,1-2H3. The number of aliphatic hydroxyl groups is 1. The molecular weight excluding hydrogens is 378 g/mol. The van der Waals surface area contributed by atoms with Gasteiger partial charge in [-0.25, -0.2) is 0 Å². The average molecular weight is 394 g/mol. The maximum Gasteiger partial charge on any atom is 0.430 e. The monoisotopic (exact) mass is 394 g/mol. The molecule has 0 bridgehead atoms. The molecule has 9 heteroatoms. The first-order valence-electron chi connectivity index (χ1n) is 7.68. The molecule has 1 N–H and O–H groups in total. The number of hydrogen-bond donors (Lipinski definition) is 1. The third-order valence-corrected chi connectivity index (χ3v) is 4.61. The lowest BCUT2D eigenvalue weighted by molar-refractivity contribution is -0.376. The predicted octanol–water partition coefficient (Wildman–Crippen LogP) is 4.32. The highest BCUT2D eigenvalue weighted by atomic mass is 19.4. The second-order valence-corrected chi connectivity index (χ2v) is 6.33. The van der Waals surface area contributed by atoms with Gasteiger partial charge in [-0.15, -0.1) is 0 Å². The van der Waals surface area contributed by atoms with Crippen molar-refractivity contribution >= 4 is 11.9 Å². The maximum atomic E-state index is 13.0. The molecule has 0 radical (unpaired) electrons. The summed E-state index contributed by atoms with van der Waals surface area (Å²) in [4.78, 5) is 11.0. The van der Waals surface area contributed by atoms with Crippen molar-refractivity contribution in [2.75, 3.05) is 7.11 Å². The third kappa shape index (κ3) is 3.53. The smallest absolute Gasteiger partial charge is 0.373 e. The van der Waals surface area contributed by atoms with Crippen LogP contribution in [-0.2, 0) is 15.1 Å². The van der Waals surface area contributed by atoms with E-state index in [0.717, 1.165) is 12.1 Å². The lowest BCUT2D eigenvalue weighted by Crippen LogP contribution is -2.53. The van der Waals surface area contributed by atoms with Crippen molar-refractivity contribution in [3.8, 4) is 0 Å². The van der Waals surface area contributed by atoms with Crippen LogP contribution in [0.25, 0.3) is 5.57 Å². The van der Waals surface area contributed by atoms with Crippen LogP contribution in [0.3, 0.4) is 0 Å². The van der Waals surface area contributed by atoms with Crippen LogP contribution in [0.1, 0.15) is 24.5 Å². The molecule has 0 saturated heterocycles. The number of aldehydes is 1. The number of hydrogen-bond acceptors (Lipinski definition) is 3. The van der Waals surface area contributed by atoms with Gasteiger partial charge in [0.15, 0.2) is 0 Å². The van der Waals surface area contributed by atoms with E-state index in [1.165, 1.54) is 19.3 Å².